The number of nitrogens with zero attached hydrogens (tertiary/aromatic N) is 2. The molecule has 0 radical (unpaired) electrons. The van der Waals surface area contributed by atoms with Crippen molar-refractivity contribution in [2.24, 2.45) is 0 Å². The van der Waals surface area contributed by atoms with E-state index in [2.05, 4.69) is 16.4 Å². The second-order valence-electron chi connectivity index (χ2n) is 6.31. The number of morpholine rings is 1. The molecule has 1 aliphatic rings. The van der Waals surface area contributed by atoms with Crippen LogP contribution in [0.15, 0.2) is 55.0 Å². The lowest BCUT2D eigenvalue weighted by atomic mass is 10.1. The standard InChI is InChI=1S/C20H17Cl2N3O2/c21-17-5-4-14(9-18(17)22)13-2-1-3-16(8-13)25-11-15(24-12-25)10-19-20(26)23-6-7-27-19/h1-5,8-9,11-12,19H,6-7,10H2,(H,23,26)/t19-/m0/s1. The highest BCUT2D eigenvalue weighted by molar-refractivity contribution is 6.42. The Morgan fingerprint density at radius 2 is 2.00 bits per heavy atom. The van der Waals surface area contributed by atoms with Crippen LogP contribution in [0.5, 0.6) is 0 Å². The van der Waals surface area contributed by atoms with Crippen LogP contribution in [0.25, 0.3) is 16.8 Å². The first-order valence-corrected chi connectivity index (χ1v) is 9.34. The molecule has 0 spiro atoms. The van der Waals surface area contributed by atoms with Gasteiger partial charge in [0.15, 0.2) is 0 Å². The fraction of sp³-hybridized carbons (Fsp3) is 0.200. The van der Waals surface area contributed by atoms with Gasteiger partial charge in [0.05, 0.1) is 28.7 Å². The van der Waals surface area contributed by atoms with E-state index in [0.717, 1.165) is 22.5 Å². The SMILES string of the molecule is O=C1NCCO[C@H]1Cc1cn(-c2cccc(-c3ccc(Cl)c(Cl)c3)c2)cn1. The average molecular weight is 402 g/mol. The van der Waals surface area contributed by atoms with Gasteiger partial charge in [-0.05, 0) is 35.4 Å². The first-order chi connectivity index (χ1) is 13.1. The van der Waals surface area contributed by atoms with Gasteiger partial charge in [-0.1, -0.05) is 41.4 Å². The van der Waals surface area contributed by atoms with Gasteiger partial charge < -0.3 is 14.6 Å². The fourth-order valence-electron chi connectivity index (χ4n) is 3.04. The topological polar surface area (TPSA) is 56.1 Å². The van der Waals surface area contributed by atoms with Crippen molar-refractivity contribution < 1.29 is 9.53 Å². The zero-order valence-corrected chi connectivity index (χ0v) is 15.9. The zero-order valence-electron chi connectivity index (χ0n) is 14.4. The molecule has 1 aromatic heterocycles. The van der Waals surface area contributed by atoms with Crippen molar-refractivity contribution >= 4 is 29.1 Å². The molecule has 138 valence electrons. The molecular weight excluding hydrogens is 385 g/mol. The van der Waals surface area contributed by atoms with Crippen LogP contribution in [-0.4, -0.2) is 34.7 Å². The molecule has 7 heteroatoms. The van der Waals surface area contributed by atoms with Gasteiger partial charge in [-0.25, -0.2) is 4.98 Å². The Morgan fingerprint density at radius 3 is 2.81 bits per heavy atom. The second-order valence-corrected chi connectivity index (χ2v) is 7.12. The molecule has 1 saturated heterocycles. The Hall–Kier alpha value is -2.34. The summed E-state index contributed by atoms with van der Waals surface area (Å²) in [6.07, 6.45) is 3.62. The number of benzene rings is 2. The summed E-state index contributed by atoms with van der Waals surface area (Å²) >= 11 is 12.1. The molecule has 2 aromatic carbocycles. The quantitative estimate of drug-likeness (QED) is 0.720. The maximum absolute atomic E-state index is 11.8. The molecule has 0 aliphatic carbocycles. The number of nitrogens with one attached hydrogen (secondary N) is 1. The van der Waals surface area contributed by atoms with Crippen molar-refractivity contribution in [2.45, 2.75) is 12.5 Å². The van der Waals surface area contributed by atoms with Crippen molar-refractivity contribution in [3.63, 3.8) is 0 Å². The third kappa shape index (κ3) is 4.00. The van der Waals surface area contributed by atoms with Crippen molar-refractivity contribution in [2.75, 3.05) is 13.2 Å². The van der Waals surface area contributed by atoms with Crippen molar-refractivity contribution in [3.8, 4) is 16.8 Å². The van der Waals surface area contributed by atoms with E-state index in [4.69, 9.17) is 27.9 Å². The van der Waals surface area contributed by atoms with Crippen molar-refractivity contribution in [1.29, 1.82) is 0 Å². The van der Waals surface area contributed by atoms with Gasteiger partial charge in [-0.15, -0.1) is 0 Å². The number of rotatable bonds is 4. The lowest BCUT2D eigenvalue weighted by molar-refractivity contribution is -0.137. The molecule has 27 heavy (non-hydrogen) atoms. The van der Waals surface area contributed by atoms with Crippen LogP contribution in [0.3, 0.4) is 0 Å². The smallest absolute Gasteiger partial charge is 0.249 e. The maximum Gasteiger partial charge on any atom is 0.249 e. The van der Waals surface area contributed by atoms with E-state index in [-0.39, 0.29) is 5.91 Å². The van der Waals surface area contributed by atoms with E-state index >= 15 is 0 Å². The van der Waals surface area contributed by atoms with Crippen LogP contribution in [0, 0.1) is 0 Å². The average Bonchev–Trinajstić information content (AvgIpc) is 3.15. The van der Waals surface area contributed by atoms with E-state index < -0.39 is 6.10 Å². The number of hydrogen-bond donors (Lipinski definition) is 1. The van der Waals surface area contributed by atoms with Gasteiger partial charge >= 0.3 is 0 Å². The highest BCUT2D eigenvalue weighted by atomic mass is 35.5. The summed E-state index contributed by atoms with van der Waals surface area (Å²) < 4.78 is 7.45. The number of aromatic nitrogens is 2. The summed E-state index contributed by atoms with van der Waals surface area (Å²) in [7, 11) is 0. The third-order valence-electron chi connectivity index (χ3n) is 4.44. The maximum atomic E-state index is 11.8. The lowest BCUT2D eigenvalue weighted by Crippen LogP contribution is -2.45. The summed E-state index contributed by atoms with van der Waals surface area (Å²) in [5.41, 5.74) is 3.78. The van der Waals surface area contributed by atoms with Crippen LogP contribution in [0.4, 0.5) is 0 Å². The minimum atomic E-state index is -0.482. The minimum Gasteiger partial charge on any atom is -0.366 e. The number of carbonyl (C=O) groups is 1. The molecule has 0 saturated carbocycles. The Balaban J connectivity index is 1.56. The summed E-state index contributed by atoms with van der Waals surface area (Å²) in [4.78, 5) is 16.3. The highest BCUT2D eigenvalue weighted by Crippen LogP contribution is 2.29. The van der Waals surface area contributed by atoms with Crippen LogP contribution in [0.2, 0.25) is 10.0 Å². The molecule has 1 N–H and O–H groups in total. The molecule has 1 aliphatic heterocycles. The van der Waals surface area contributed by atoms with Gasteiger partial charge in [0, 0.05) is 24.8 Å². The fourth-order valence-corrected chi connectivity index (χ4v) is 3.34. The molecule has 3 aromatic rings. The molecular formula is C20H17Cl2N3O2. The predicted octanol–water partition coefficient (Wildman–Crippen LogP) is 3.90. The zero-order chi connectivity index (χ0) is 18.8. The van der Waals surface area contributed by atoms with Crippen molar-refractivity contribution in [3.05, 3.63) is 70.7 Å². The summed E-state index contributed by atoms with van der Waals surface area (Å²) in [5.74, 6) is -0.0857. The molecule has 0 unspecified atom stereocenters. The Morgan fingerprint density at radius 1 is 1.15 bits per heavy atom. The predicted molar refractivity (Wildman–Crippen MR) is 105 cm³/mol. The summed E-state index contributed by atoms with van der Waals surface area (Å²) in [6, 6.07) is 13.6. The molecule has 0 bridgehead atoms. The monoisotopic (exact) mass is 401 g/mol. The van der Waals surface area contributed by atoms with E-state index in [1.54, 1.807) is 12.4 Å². The van der Waals surface area contributed by atoms with Gasteiger partial charge in [0.1, 0.15) is 6.10 Å². The van der Waals surface area contributed by atoms with Crippen LogP contribution < -0.4 is 5.32 Å². The normalized spacial score (nSPS) is 17.0. The number of ether oxygens (including phenoxy) is 1. The lowest BCUT2D eigenvalue weighted by Gasteiger charge is -2.21. The molecule has 4 rings (SSSR count). The molecule has 5 nitrogen and oxygen atoms in total. The van der Waals surface area contributed by atoms with E-state index in [0.29, 0.717) is 29.6 Å². The number of carbonyl (C=O) groups excluding carboxylic acids is 1. The molecule has 1 atom stereocenters. The molecule has 1 fully saturated rings. The Labute approximate surface area is 166 Å². The number of hydrogen-bond acceptors (Lipinski definition) is 3. The number of halogens is 2. The van der Waals surface area contributed by atoms with Crippen LogP contribution >= 0.6 is 23.2 Å². The minimum absolute atomic E-state index is 0.0857. The largest absolute Gasteiger partial charge is 0.366 e. The van der Waals surface area contributed by atoms with E-state index in [1.165, 1.54) is 0 Å². The van der Waals surface area contributed by atoms with E-state index in [1.807, 2.05) is 41.1 Å². The van der Waals surface area contributed by atoms with Gasteiger partial charge in [0.25, 0.3) is 0 Å². The summed E-state index contributed by atoms with van der Waals surface area (Å²) in [5, 5.41) is 3.86. The van der Waals surface area contributed by atoms with Gasteiger partial charge in [-0.3, -0.25) is 4.79 Å². The Kier molecular flexibility index (Phi) is 5.16. The molecule has 2 heterocycles. The first-order valence-electron chi connectivity index (χ1n) is 8.58. The molecule has 1 amide bonds. The number of imidazole rings is 1. The van der Waals surface area contributed by atoms with E-state index in [9.17, 15) is 4.79 Å². The third-order valence-corrected chi connectivity index (χ3v) is 5.18. The highest BCUT2D eigenvalue weighted by Gasteiger charge is 2.23. The van der Waals surface area contributed by atoms with Crippen LogP contribution in [-0.2, 0) is 16.0 Å². The van der Waals surface area contributed by atoms with Gasteiger partial charge in [0.2, 0.25) is 5.91 Å². The first kappa shape index (κ1) is 18.0. The number of amides is 1. The second kappa shape index (κ2) is 7.72. The van der Waals surface area contributed by atoms with Crippen LogP contribution in [0.1, 0.15) is 5.69 Å². The Bertz CT molecular complexity index is 987. The van der Waals surface area contributed by atoms with Gasteiger partial charge in [-0.2, -0.15) is 0 Å². The van der Waals surface area contributed by atoms with Crippen molar-refractivity contribution in [1.82, 2.24) is 14.9 Å². The summed E-state index contributed by atoms with van der Waals surface area (Å²) in [6.45, 7) is 1.09.